The molecule has 0 aromatic heterocycles. The van der Waals surface area contributed by atoms with Gasteiger partial charge in [0.15, 0.2) is 12.6 Å². The van der Waals surface area contributed by atoms with E-state index in [0.717, 1.165) is 58.3 Å². The van der Waals surface area contributed by atoms with Crippen LogP contribution in [0, 0.1) is 0 Å². The van der Waals surface area contributed by atoms with Crippen LogP contribution in [-0.4, -0.2) is 215 Å². The van der Waals surface area contributed by atoms with E-state index < -0.39 is 148 Å². The summed E-state index contributed by atoms with van der Waals surface area (Å²) in [5.41, 5.74) is 0. The Bertz CT molecular complexity index is 1550. The third-order valence-corrected chi connectivity index (χ3v) is 14.3. The number of unbranched alkanes of at least 4 members (excludes halogenated alkanes) is 18. The monoisotopic (exact) mass is 1070 g/mol. The number of carbonyl (C=O) groups is 3. The molecule has 434 valence electrons. The zero-order valence-corrected chi connectivity index (χ0v) is 43.9. The van der Waals surface area contributed by atoms with Gasteiger partial charge in [0.1, 0.15) is 67.1 Å². The molecule has 23 nitrogen and oxygen atoms in total. The topological polar surface area (TPSA) is 373 Å². The molecule has 0 aromatic rings. The molecule has 0 aromatic carbocycles. The fourth-order valence-corrected chi connectivity index (χ4v) is 9.83. The van der Waals surface area contributed by atoms with Gasteiger partial charge < -0.3 is 100 Å². The summed E-state index contributed by atoms with van der Waals surface area (Å²) < 4.78 is 34.6. The van der Waals surface area contributed by atoms with E-state index >= 15 is 0 Å². The SMILES string of the molecule is CCCCCCCCCCCCCC(O)C(COC1OC(CO)C(OC2OC(CO)C(O)C(OC3(C(=O)O)CC(O)C(NC(C)=O)C(C(O)C(O)CO)O3)C2O)C(O)C1O)NC(=O)CCCCCCCCCCC. The number of hydrogen-bond acceptors (Lipinski definition) is 20. The van der Waals surface area contributed by atoms with Crippen molar-refractivity contribution in [3.63, 3.8) is 0 Å². The van der Waals surface area contributed by atoms with E-state index in [1.54, 1.807) is 0 Å². The van der Waals surface area contributed by atoms with Gasteiger partial charge in [0.2, 0.25) is 11.8 Å². The second kappa shape index (κ2) is 35.3. The lowest BCUT2D eigenvalue weighted by atomic mass is 9.88. The van der Waals surface area contributed by atoms with E-state index in [2.05, 4.69) is 24.5 Å². The zero-order chi connectivity index (χ0) is 54.8. The predicted molar refractivity (Wildman–Crippen MR) is 265 cm³/mol. The molecular weight excluding hydrogens is 977 g/mol. The van der Waals surface area contributed by atoms with Crippen LogP contribution in [0.25, 0.3) is 0 Å². The zero-order valence-electron chi connectivity index (χ0n) is 43.9. The number of amides is 2. The van der Waals surface area contributed by atoms with E-state index in [-0.39, 0.29) is 18.9 Å². The lowest BCUT2D eigenvalue weighted by Gasteiger charge is -2.50. The Balaban J connectivity index is 1.72. The molecular formula is C51H94N2O21. The highest BCUT2D eigenvalue weighted by molar-refractivity contribution is 5.77. The normalized spacial score (nSPS) is 32.1. The van der Waals surface area contributed by atoms with Gasteiger partial charge in [-0.2, -0.15) is 0 Å². The average molecular weight is 1070 g/mol. The van der Waals surface area contributed by atoms with Gasteiger partial charge in [-0.3, -0.25) is 9.59 Å². The van der Waals surface area contributed by atoms with Gasteiger partial charge in [-0.1, -0.05) is 136 Å². The molecule has 0 saturated carbocycles. The third kappa shape index (κ3) is 20.8. The molecule has 2 amide bonds. The number of rotatable bonds is 38. The second-order valence-corrected chi connectivity index (χ2v) is 20.5. The van der Waals surface area contributed by atoms with Crippen LogP contribution in [0.4, 0.5) is 0 Å². The van der Waals surface area contributed by atoms with Crippen molar-refractivity contribution in [3.8, 4) is 0 Å². The maximum Gasteiger partial charge on any atom is 0.364 e. The smallest absolute Gasteiger partial charge is 0.364 e. The maximum atomic E-state index is 13.2. The van der Waals surface area contributed by atoms with E-state index in [4.69, 9.17) is 28.4 Å². The number of carboxylic acids is 1. The molecule has 18 unspecified atom stereocenters. The van der Waals surface area contributed by atoms with Gasteiger partial charge in [0.05, 0.1) is 50.7 Å². The summed E-state index contributed by atoms with van der Waals surface area (Å²) >= 11 is 0. The molecule has 3 heterocycles. The Morgan fingerprint density at radius 2 is 1.18 bits per heavy atom. The number of ether oxygens (including phenoxy) is 6. The number of carboxylic acid groups (broad SMARTS) is 1. The van der Waals surface area contributed by atoms with Gasteiger partial charge in [-0.05, 0) is 12.8 Å². The molecule has 3 aliphatic rings. The Kier molecular flexibility index (Phi) is 31.5. The summed E-state index contributed by atoms with van der Waals surface area (Å²) in [5.74, 6) is -6.10. The molecule has 0 spiro atoms. The first-order valence-corrected chi connectivity index (χ1v) is 27.4. The van der Waals surface area contributed by atoms with E-state index in [9.17, 15) is 75.7 Å². The molecule has 14 N–H and O–H groups in total. The summed E-state index contributed by atoms with van der Waals surface area (Å²) in [7, 11) is 0. The molecule has 0 radical (unpaired) electrons. The second-order valence-electron chi connectivity index (χ2n) is 20.5. The van der Waals surface area contributed by atoms with Crippen molar-refractivity contribution >= 4 is 17.8 Å². The quantitative estimate of drug-likeness (QED) is 0.0369. The van der Waals surface area contributed by atoms with Crippen molar-refractivity contribution < 1.29 is 104 Å². The van der Waals surface area contributed by atoms with Crippen LogP contribution in [0.1, 0.15) is 168 Å². The predicted octanol–water partition coefficient (Wildman–Crippen LogP) is 0.269. The molecule has 0 bridgehead atoms. The van der Waals surface area contributed by atoms with Gasteiger partial charge >= 0.3 is 5.97 Å². The van der Waals surface area contributed by atoms with Crippen LogP contribution in [0.15, 0.2) is 0 Å². The highest BCUT2D eigenvalue weighted by Crippen LogP contribution is 2.38. The van der Waals surface area contributed by atoms with Gasteiger partial charge in [0, 0.05) is 19.8 Å². The molecule has 23 heteroatoms. The standard InChI is InChI=1S/C51H94N2O21/c1-4-6-8-10-12-14-15-17-18-20-22-24-33(58)32(53-38(61)25-23-21-19-16-13-11-9-7-5-2)30-69-48-43(65)42(64)45(37(29-56)71-48)72-49-44(66)47(41(63)36(28-55)70-49)74-51(50(67)68)26-34(59)39(52-31(3)57)46(73-51)40(62)35(60)27-54/h32-37,39-49,54-56,58-60,62-66H,4-30H2,1-3H3,(H,52,57)(H,53,61)(H,67,68). The fraction of sp³-hybridized carbons (Fsp3) is 0.941. The summed E-state index contributed by atoms with van der Waals surface area (Å²) in [4.78, 5) is 38.2. The number of carbonyl (C=O) groups excluding carboxylic acids is 2. The largest absolute Gasteiger partial charge is 0.477 e. The summed E-state index contributed by atoms with van der Waals surface area (Å²) in [6, 6.07) is -2.52. The van der Waals surface area contributed by atoms with Crippen molar-refractivity contribution in [2.45, 2.75) is 278 Å². The first-order chi connectivity index (χ1) is 35.4. The molecule has 3 fully saturated rings. The molecule has 74 heavy (non-hydrogen) atoms. The first kappa shape index (κ1) is 66.0. The van der Waals surface area contributed by atoms with Crippen molar-refractivity contribution in [1.82, 2.24) is 10.6 Å². The fourth-order valence-electron chi connectivity index (χ4n) is 9.83. The Morgan fingerprint density at radius 1 is 0.649 bits per heavy atom. The maximum absolute atomic E-state index is 13.2. The minimum atomic E-state index is -3.07. The summed E-state index contributed by atoms with van der Waals surface area (Å²) in [6.45, 7) is 2.09. The Morgan fingerprint density at radius 3 is 1.69 bits per heavy atom. The van der Waals surface area contributed by atoms with Crippen LogP contribution in [0.3, 0.4) is 0 Å². The van der Waals surface area contributed by atoms with Crippen molar-refractivity contribution in [3.05, 3.63) is 0 Å². The molecule has 3 rings (SSSR count). The van der Waals surface area contributed by atoms with Crippen LogP contribution in [0.2, 0.25) is 0 Å². The minimum Gasteiger partial charge on any atom is -0.477 e. The molecule has 0 aliphatic carbocycles. The highest BCUT2D eigenvalue weighted by atomic mass is 16.8. The first-order valence-electron chi connectivity index (χ1n) is 27.4. The highest BCUT2D eigenvalue weighted by Gasteiger charge is 2.60. The van der Waals surface area contributed by atoms with Gasteiger partial charge in [-0.15, -0.1) is 0 Å². The van der Waals surface area contributed by atoms with Crippen molar-refractivity contribution in [2.75, 3.05) is 26.4 Å². The van der Waals surface area contributed by atoms with Gasteiger partial charge in [-0.25, -0.2) is 4.79 Å². The molecule has 3 aliphatic heterocycles. The number of aliphatic hydroxyl groups excluding tert-OH is 11. The minimum absolute atomic E-state index is 0.225. The Labute approximate surface area is 436 Å². The van der Waals surface area contributed by atoms with E-state index in [1.165, 1.54) is 64.2 Å². The van der Waals surface area contributed by atoms with E-state index in [0.29, 0.717) is 19.3 Å². The lowest BCUT2D eigenvalue weighted by Crippen LogP contribution is -2.70. The molecule has 18 atom stereocenters. The van der Waals surface area contributed by atoms with Crippen LogP contribution >= 0.6 is 0 Å². The number of aliphatic carboxylic acids is 1. The lowest BCUT2D eigenvalue weighted by molar-refractivity contribution is -0.386. The van der Waals surface area contributed by atoms with E-state index in [1.807, 2.05) is 0 Å². The summed E-state index contributed by atoms with van der Waals surface area (Å²) in [6.07, 6.45) is -6.76. The van der Waals surface area contributed by atoms with Crippen molar-refractivity contribution in [2.24, 2.45) is 0 Å². The van der Waals surface area contributed by atoms with Crippen LogP contribution in [-0.2, 0) is 42.8 Å². The van der Waals surface area contributed by atoms with Crippen molar-refractivity contribution in [1.29, 1.82) is 0 Å². The number of hydrogen-bond donors (Lipinski definition) is 14. The number of aliphatic hydroxyl groups is 11. The average Bonchev–Trinajstić information content (AvgIpc) is 3.37. The summed E-state index contributed by atoms with van der Waals surface area (Å²) in [5, 5.41) is 135. The number of nitrogens with one attached hydrogen (secondary N) is 2. The van der Waals surface area contributed by atoms with Gasteiger partial charge in [0.25, 0.3) is 5.79 Å². The van der Waals surface area contributed by atoms with Crippen LogP contribution in [0.5, 0.6) is 0 Å². The molecule has 3 saturated heterocycles. The van der Waals surface area contributed by atoms with Crippen LogP contribution < -0.4 is 10.6 Å². The Hall–Kier alpha value is -2.27. The third-order valence-electron chi connectivity index (χ3n) is 14.3.